The molecular weight excluding hydrogens is 791 g/mol. The van der Waals surface area contributed by atoms with Crippen LogP contribution in [0.15, 0.2) is 170 Å². The summed E-state index contributed by atoms with van der Waals surface area (Å²) in [6.07, 6.45) is 1.45. The van der Waals surface area contributed by atoms with Crippen molar-refractivity contribution in [2.24, 2.45) is 0 Å². The number of hydrogen-bond acceptors (Lipinski definition) is 3. The van der Waals surface area contributed by atoms with Crippen molar-refractivity contribution in [1.82, 2.24) is 14.5 Å². The number of aryl methyl sites for hydroxylation is 1. The van der Waals surface area contributed by atoms with Gasteiger partial charge in [0.05, 0.1) is 22.3 Å². The summed E-state index contributed by atoms with van der Waals surface area (Å²) >= 11 is 0. The van der Waals surface area contributed by atoms with Gasteiger partial charge in [-0.05, 0) is 133 Å². The van der Waals surface area contributed by atoms with Crippen LogP contribution in [0, 0.1) is 6.85 Å². The van der Waals surface area contributed by atoms with Crippen molar-refractivity contribution in [2.45, 2.75) is 84.8 Å². The summed E-state index contributed by atoms with van der Waals surface area (Å²) in [5, 5.41) is 13.0. The Morgan fingerprint density at radius 1 is 0.477 bits per heavy atom. The number of phenolic OH excluding ortho intramolecular Hbond substituents is 1. The van der Waals surface area contributed by atoms with Gasteiger partial charge < -0.3 is 5.11 Å². The number of hydrogen-bond donors (Lipinski definition) is 1. The van der Waals surface area contributed by atoms with E-state index in [0.717, 1.165) is 12.1 Å². The summed E-state index contributed by atoms with van der Waals surface area (Å²) in [5.41, 5.74) is -12.8. The van der Waals surface area contributed by atoms with Gasteiger partial charge in [-0.1, -0.05) is 171 Å². The second-order valence-electron chi connectivity index (χ2n) is 15.9. The molecule has 9 aromatic rings. The summed E-state index contributed by atoms with van der Waals surface area (Å²) in [6, 6.07) is 40.0. The minimum atomic E-state index is -4.28. The molecule has 2 aromatic heterocycles. The van der Waals surface area contributed by atoms with Gasteiger partial charge in [0.2, 0.25) is 0 Å². The first-order valence-electron chi connectivity index (χ1n) is 35.3. The molecule has 0 fully saturated rings. The first kappa shape index (κ1) is 20.4. The fraction of sp³-hybridized carbons (Fsp3) is 0.213. The molecule has 7 aromatic carbocycles. The van der Waals surface area contributed by atoms with Crippen LogP contribution in [0.2, 0.25) is 0 Å². The highest BCUT2D eigenvalue weighted by atomic mass is 16.3. The maximum absolute atomic E-state index is 13.0. The van der Waals surface area contributed by atoms with E-state index in [1.807, 2.05) is 0 Å². The molecule has 0 aliphatic rings. The molecule has 0 saturated heterocycles. The molecular formula is C61H59N3O. The Labute approximate surface area is 427 Å². The summed E-state index contributed by atoms with van der Waals surface area (Å²) in [7, 11) is 0. The van der Waals surface area contributed by atoms with E-state index < -0.39 is 119 Å². The molecule has 4 heteroatoms. The standard InChI is InChI=1S/C61H59N3O/c1-39-32-49(28-29-50(39)42-20-15-12-16-21-42)64-55-23-17-22-51(56(55)63-58(64)52-37-48(60(5,6)7)38-53(57(52)65)61(8,9)10)45-33-44(40-18-13-11-14-19-40)34-46(35-45)54-36-43(30-31-62-54)41-24-26-47(27-25-41)59(2,3)4/h11-38,65H,1-10H3/i1D3,2D3,3D3,4D3,5D3,6D3,7D3,8D3,9D3,10D3. The Morgan fingerprint density at radius 3 is 1.85 bits per heavy atom. The first-order valence-corrected chi connectivity index (χ1v) is 20.3. The molecule has 65 heavy (non-hydrogen) atoms. The molecule has 0 bridgehead atoms. The predicted octanol–water partition coefficient (Wildman–Crippen LogP) is 16.3. The smallest absolute Gasteiger partial charge is 0.149 e. The van der Waals surface area contributed by atoms with Gasteiger partial charge in [-0.3, -0.25) is 9.55 Å². The minimum absolute atomic E-state index is 0.00927. The molecule has 0 spiro atoms. The van der Waals surface area contributed by atoms with Crippen LogP contribution in [0.4, 0.5) is 0 Å². The number of para-hydroxylation sites is 1. The van der Waals surface area contributed by atoms with E-state index in [-0.39, 0.29) is 39.5 Å². The predicted molar refractivity (Wildman–Crippen MR) is 274 cm³/mol. The van der Waals surface area contributed by atoms with E-state index in [1.54, 1.807) is 97.1 Å². The highest BCUT2D eigenvalue weighted by Gasteiger charge is 2.29. The Balaban J connectivity index is 1.42. The van der Waals surface area contributed by atoms with Crippen LogP contribution in [0.3, 0.4) is 0 Å². The third kappa shape index (κ3) is 8.54. The normalized spacial score (nSPS) is 21.0. The summed E-state index contributed by atoms with van der Waals surface area (Å²) in [4.78, 5) is 9.70. The number of phenols is 1. The van der Waals surface area contributed by atoms with Crippen molar-refractivity contribution in [2.75, 3.05) is 0 Å². The molecule has 2 heterocycles. The van der Waals surface area contributed by atoms with Crippen molar-refractivity contribution < 1.29 is 46.2 Å². The number of aromatic hydroxyl groups is 1. The monoisotopic (exact) mass is 880 g/mol. The van der Waals surface area contributed by atoms with E-state index in [9.17, 15) is 5.11 Å². The zero-order chi connectivity index (χ0) is 70.8. The molecule has 324 valence electrons. The van der Waals surface area contributed by atoms with Crippen LogP contribution in [0.1, 0.15) is 125 Å². The van der Waals surface area contributed by atoms with Crippen LogP contribution < -0.4 is 0 Å². The van der Waals surface area contributed by atoms with Crippen LogP contribution >= 0.6 is 0 Å². The van der Waals surface area contributed by atoms with Gasteiger partial charge in [-0.15, -0.1) is 0 Å². The summed E-state index contributed by atoms with van der Waals surface area (Å²) < 4.78 is 259. The maximum atomic E-state index is 13.0. The fourth-order valence-electron chi connectivity index (χ4n) is 8.03. The summed E-state index contributed by atoms with van der Waals surface area (Å²) in [6.45, 7) is -38.8. The molecule has 0 saturated carbocycles. The van der Waals surface area contributed by atoms with E-state index in [0.29, 0.717) is 50.7 Å². The molecule has 0 unspecified atom stereocenters. The number of aromatic nitrogens is 3. The van der Waals surface area contributed by atoms with Gasteiger partial charge in [0.1, 0.15) is 11.6 Å². The first-order chi connectivity index (χ1) is 43.4. The van der Waals surface area contributed by atoms with Crippen molar-refractivity contribution in [1.29, 1.82) is 0 Å². The van der Waals surface area contributed by atoms with Crippen LogP contribution in [0.5, 0.6) is 5.75 Å². The third-order valence-electron chi connectivity index (χ3n) is 11.3. The Hall–Kier alpha value is -7.04. The Kier molecular flexibility index (Phi) is 5.19. The molecule has 4 nitrogen and oxygen atoms in total. The SMILES string of the molecule is [2H]C([2H])([2H])c1cc(-n2c(-c3cc(C(C([2H])([2H])[2H])(C([2H])([2H])[2H])C([2H])([2H])[2H])cc(C(C([2H])([2H])[2H])(C([2H])([2H])[2H])C([2H])([2H])[2H])c3O)nc3c(-c4cc(-c5ccccc5)cc(-c5cc(-c6ccc(C(C([2H])([2H])[2H])(C([2H])([2H])[2H])C([2H])([2H])[2H])cc6)ccn5)c4)cccc32)ccc1-c1ccccc1. The molecule has 0 radical (unpaired) electrons. The number of imidazole rings is 1. The average molecular weight is 880 g/mol. The Morgan fingerprint density at radius 2 is 1.14 bits per heavy atom. The highest BCUT2D eigenvalue weighted by molar-refractivity contribution is 5.98. The second-order valence-corrected chi connectivity index (χ2v) is 15.9. The van der Waals surface area contributed by atoms with Gasteiger partial charge in [-0.25, -0.2) is 4.98 Å². The van der Waals surface area contributed by atoms with E-state index in [1.165, 1.54) is 53.2 Å². The lowest BCUT2D eigenvalue weighted by Gasteiger charge is -2.27. The third-order valence-corrected chi connectivity index (χ3v) is 11.3. The van der Waals surface area contributed by atoms with Gasteiger partial charge in [-0.2, -0.15) is 0 Å². The molecule has 0 atom stereocenters. The maximum Gasteiger partial charge on any atom is 0.149 e. The molecule has 0 aliphatic heterocycles. The zero-order valence-corrected chi connectivity index (χ0v) is 34.5. The number of rotatable bonds is 7. The van der Waals surface area contributed by atoms with E-state index in [2.05, 4.69) is 4.98 Å². The van der Waals surface area contributed by atoms with Crippen LogP contribution in [0.25, 0.3) is 83.9 Å². The number of benzene rings is 7. The fourth-order valence-corrected chi connectivity index (χ4v) is 8.03. The van der Waals surface area contributed by atoms with E-state index in [4.69, 9.17) is 46.1 Å². The van der Waals surface area contributed by atoms with Crippen molar-refractivity contribution in [3.63, 3.8) is 0 Å². The zero-order valence-electron chi connectivity index (χ0n) is 64.5. The number of nitrogens with zero attached hydrogens (tertiary/aromatic N) is 3. The summed E-state index contributed by atoms with van der Waals surface area (Å²) in [5.74, 6) is -2.22. The van der Waals surface area contributed by atoms with Gasteiger partial charge in [0, 0.05) is 69.7 Å². The average Bonchev–Trinajstić information content (AvgIpc) is 1.05. The quantitative estimate of drug-likeness (QED) is 0.173. The van der Waals surface area contributed by atoms with Crippen molar-refractivity contribution >= 4 is 11.0 Å². The molecule has 0 amide bonds. The van der Waals surface area contributed by atoms with Crippen molar-refractivity contribution in [3.05, 3.63) is 192 Å². The minimum Gasteiger partial charge on any atom is -0.507 e. The molecule has 9 rings (SSSR count). The second kappa shape index (κ2) is 16.5. The highest BCUT2D eigenvalue weighted by Crippen LogP contribution is 2.45. The lowest BCUT2D eigenvalue weighted by Crippen LogP contribution is -2.17. The van der Waals surface area contributed by atoms with Gasteiger partial charge >= 0.3 is 0 Å². The van der Waals surface area contributed by atoms with Gasteiger partial charge in [0.15, 0.2) is 0 Å². The van der Waals surface area contributed by atoms with E-state index >= 15 is 0 Å². The number of fused-ring (bicyclic) bond motifs is 1. The largest absolute Gasteiger partial charge is 0.507 e. The lowest BCUT2D eigenvalue weighted by atomic mass is 9.79. The number of pyridine rings is 1. The molecule has 0 aliphatic carbocycles. The van der Waals surface area contributed by atoms with Crippen LogP contribution in [-0.2, 0) is 16.2 Å². The van der Waals surface area contributed by atoms with Crippen molar-refractivity contribution in [3.8, 4) is 78.6 Å². The van der Waals surface area contributed by atoms with Gasteiger partial charge in [0.25, 0.3) is 0 Å². The van der Waals surface area contributed by atoms with Crippen LogP contribution in [-0.4, -0.2) is 19.6 Å². The topological polar surface area (TPSA) is 50.9 Å². The molecule has 1 N–H and O–H groups in total. The Bertz CT molecular complexity index is 4220. The lowest BCUT2D eigenvalue weighted by molar-refractivity contribution is 0.446.